The van der Waals surface area contributed by atoms with Gasteiger partial charge in [0.2, 0.25) is 0 Å². The highest BCUT2D eigenvalue weighted by atomic mass is 32.2. The van der Waals surface area contributed by atoms with Crippen LogP contribution in [0.1, 0.15) is 11.1 Å². The van der Waals surface area contributed by atoms with E-state index in [0.29, 0.717) is 0 Å². The maximum absolute atomic E-state index is 11.7. The summed E-state index contributed by atoms with van der Waals surface area (Å²) in [6, 6.07) is 6.77. The second-order valence-corrected chi connectivity index (χ2v) is 8.62. The number of carbonyl (C=O) groups excluding carboxylic acids is 1. The number of ether oxygens (including phenoxy) is 2. The summed E-state index contributed by atoms with van der Waals surface area (Å²) in [5.41, 5.74) is 4.60. The number of nitrogens with one attached hydrogen (secondary N) is 2. The molecule has 0 aromatic heterocycles. The molecule has 0 fully saturated rings. The van der Waals surface area contributed by atoms with Crippen molar-refractivity contribution in [3.8, 4) is 11.5 Å². The molecule has 172 valence electrons. The fourth-order valence-corrected chi connectivity index (χ4v) is 3.69. The summed E-state index contributed by atoms with van der Waals surface area (Å²) in [6.45, 7) is 0. The van der Waals surface area contributed by atoms with Crippen LogP contribution in [0.25, 0.3) is 0 Å². The van der Waals surface area contributed by atoms with Crippen LogP contribution < -0.4 is 20.3 Å². The zero-order chi connectivity index (χ0) is 23.9. The zero-order valence-electron chi connectivity index (χ0n) is 16.6. The lowest BCUT2D eigenvalue weighted by Crippen LogP contribution is -2.28. The standard InChI is InChI=1S/C17H18N4O9S2/c1-29-13-5-3-11(7-15(13)31(23,24)25)9-18-20-17(22)21-19-10-12-4-6-14(30-2)16(8-12)32(26,27)28/h3-10H,1-2H3,(H2,20,21,22)(H,23,24,25)(H,26,27,28)/b18-9-,19-10+. The highest BCUT2D eigenvalue weighted by Crippen LogP contribution is 2.24. The molecule has 0 bridgehead atoms. The first kappa shape index (κ1) is 24.7. The number of hydrogen-bond acceptors (Lipinski definition) is 9. The lowest BCUT2D eigenvalue weighted by atomic mass is 10.2. The van der Waals surface area contributed by atoms with Crippen molar-refractivity contribution in [1.29, 1.82) is 0 Å². The summed E-state index contributed by atoms with van der Waals surface area (Å²) in [7, 11) is -6.59. The van der Waals surface area contributed by atoms with Gasteiger partial charge in [-0.05, 0) is 47.5 Å². The van der Waals surface area contributed by atoms with E-state index >= 15 is 0 Å². The van der Waals surface area contributed by atoms with E-state index in [1.54, 1.807) is 0 Å². The van der Waals surface area contributed by atoms with Crippen LogP contribution in [0.5, 0.6) is 11.5 Å². The average molecular weight is 486 g/mol. The Bertz CT molecular complexity index is 1180. The van der Waals surface area contributed by atoms with Crippen LogP contribution in [-0.4, -0.2) is 58.6 Å². The van der Waals surface area contributed by atoms with Gasteiger partial charge < -0.3 is 9.47 Å². The van der Waals surface area contributed by atoms with E-state index in [1.165, 1.54) is 38.5 Å². The predicted molar refractivity (Wildman–Crippen MR) is 112 cm³/mol. The molecule has 4 N–H and O–H groups in total. The molecule has 0 saturated heterocycles. The van der Waals surface area contributed by atoms with Crippen LogP contribution in [0, 0.1) is 0 Å². The van der Waals surface area contributed by atoms with E-state index in [-0.39, 0.29) is 22.6 Å². The molecular formula is C17H18N4O9S2. The Morgan fingerprint density at radius 3 is 1.50 bits per heavy atom. The van der Waals surface area contributed by atoms with E-state index in [2.05, 4.69) is 21.1 Å². The van der Waals surface area contributed by atoms with Crippen LogP contribution in [0.2, 0.25) is 0 Å². The van der Waals surface area contributed by atoms with Gasteiger partial charge in [0, 0.05) is 0 Å². The minimum Gasteiger partial charge on any atom is -0.495 e. The van der Waals surface area contributed by atoms with Gasteiger partial charge >= 0.3 is 6.03 Å². The summed E-state index contributed by atoms with van der Waals surface area (Å²) >= 11 is 0. The monoisotopic (exact) mass is 486 g/mol. The first-order chi connectivity index (χ1) is 15.0. The molecule has 2 aromatic rings. The molecule has 0 aliphatic rings. The molecule has 0 atom stereocenters. The maximum Gasteiger partial charge on any atom is 0.355 e. The van der Waals surface area contributed by atoms with Crippen LogP contribution in [0.3, 0.4) is 0 Å². The molecule has 13 nitrogen and oxygen atoms in total. The van der Waals surface area contributed by atoms with Gasteiger partial charge in [0.1, 0.15) is 21.3 Å². The van der Waals surface area contributed by atoms with Gasteiger partial charge in [-0.1, -0.05) is 0 Å². The lowest BCUT2D eigenvalue weighted by Gasteiger charge is -2.06. The molecule has 0 aliphatic carbocycles. The Hall–Kier alpha value is -3.53. The van der Waals surface area contributed by atoms with Crippen molar-refractivity contribution in [2.75, 3.05) is 14.2 Å². The Kier molecular flexibility index (Phi) is 7.87. The average Bonchev–Trinajstić information content (AvgIpc) is 2.72. The molecule has 2 amide bonds. The van der Waals surface area contributed by atoms with Gasteiger partial charge in [0.25, 0.3) is 20.2 Å². The molecule has 0 saturated carbocycles. The third kappa shape index (κ3) is 6.74. The number of amides is 2. The van der Waals surface area contributed by atoms with E-state index in [4.69, 9.17) is 9.47 Å². The third-order valence-corrected chi connectivity index (χ3v) is 5.44. The molecule has 0 heterocycles. The maximum atomic E-state index is 11.7. The number of hydrazone groups is 2. The molecular weight excluding hydrogens is 468 g/mol. The van der Waals surface area contributed by atoms with E-state index < -0.39 is 36.1 Å². The first-order valence-electron chi connectivity index (χ1n) is 8.39. The minimum atomic E-state index is -4.53. The normalized spacial score (nSPS) is 12.1. The van der Waals surface area contributed by atoms with Crippen molar-refractivity contribution in [2.45, 2.75) is 9.79 Å². The Morgan fingerprint density at radius 1 is 0.812 bits per heavy atom. The van der Waals surface area contributed by atoms with Gasteiger partial charge in [0.15, 0.2) is 0 Å². The second kappa shape index (κ2) is 10.2. The summed E-state index contributed by atoms with van der Waals surface area (Å²) in [6.07, 6.45) is 2.22. The SMILES string of the molecule is COc1ccc(/C=N\NC(=O)N/N=C/c2ccc(OC)c(S(=O)(=O)O)c2)cc1S(=O)(=O)O. The summed E-state index contributed by atoms with van der Waals surface area (Å²) < 4.78 is 73.6. The topological polar surface area (TPSA) is 193 Å². The van der Waals surface area contributed by atoms with Crippen molar-refractivity contribution < 1.29 is 40.2 Å². The zero-order valence-corrected chi connectivity index (χ0v) is 18.2. The smallest absolute Gasteiger partial charge is 0.355 e. The van der Waals surface area contributed by atoms with Gasteiger partial charge in [0.05, 0.1) is 26.6 Å². The van der Waals surface area contributed by atoms with Gasteiger partial charge in [-0.15, -0.1) is 0 Å². The van der Waals surface area contributed by atoms with Crippen molar-refractivity contribution in [2.24, 2.45) is 10.2 Å². The number of hydrogen-bond donors (Lipinski definition) is 4. The molecule has 15 heteroatoms. The van der Waals surface area contributed by atoms with E-state index in [0.717, 1.165) is 24.6 Å². The Morgan fingerprint density at radius 2 is 1.19 bits per heavy atom. The predicted octanol–water partition coefficient (Wildman–Crippen LogP) is 0.864. The Balaban J connectivity index is 2.02. The minimum absolute atomic E-state index is 0.0691. The number of benzene rings is 2. The van der Waals surface area contributed by atoms with Crippen molar-refractivity contribution in [1.82, 2.24) is 10.9 Å². The molecule has 32 heavy (non-hydrogen) atoms. The number of rotatable bonds is 8. The fraction of sp³-hybridized carbons (Fsp3) is 0.118. The number of carbonyl (C=O) groups is 1. The summed E-state index contributed by atoms with van der Waals surface area (Å²) in [5.74, 6) is -0.138. The van der Waals surface area contributed by atoms with Gasteiger partial charge in [-0.2, -0.15) is 27.0 Å². The van der Waals surface area contributed by atoms with Crippen LogP contribution >= 0.6 is 0 Å². The van der Waals surface area contributed by atoms with Gasteiger partial charge in [-0.3, -0.25) is 9.11 Å². The largest absolute Gasteiger partial charge is 0.495 e. The first-order valence-corrected chi connectivity index (χ1v) is 11.3. The molecule has 0 spiro atoms. The third-order valence-electron chi connectivity index (χ3n) is 3.69. The van der Waals surface area contributed by atoms with Crippen LogP contribution in [0.4, 0.5) is 4.79 Å². The quantitative estimate of drug-likeness (QED) is 0.238. The number of urea groups is 1. The number of methoxy groups -OCH3 is 2. The van der Waals surface area contributed by atoms with Crippen molar-refractivity contribution >= 4 is 38.7 Å². The molecule has 2 aromatic carbocycles. The summed E-state index contributed by atoms with van der Waals surface area (Å²) in [5, 5.41) is 7.22. The molecule has 0 unspecified atom stereocenters. The van der Waals surface area contributed by atoms with Gasteiger partial charge in [-0.25, -0.2) is 15.6 Å². The molecule has 0 aliphatic heterocycles. The fourth-order valence-electron chi connectivity index (χ4n) is 2.31. The van der Waals surface area contributed by atoms with Crippen molar-refractivity contribution in [3.63, 3.8) is 0 Å². The van der Waals surface area contributed by atoms with E-state index in [1.807, 2.05) is 0 Å². The van der Waals surface area contributed by atoms with Crippen molar-refractivity contribution in [3.05, 3.63) is 47.5 Å². The van der Waals surface area contributed by atoms with Crippen LogP contribution in [-0.2, 0) is 20.2 Å². The van der Waals surface area contributed by atoms with Crippen LogP contribution in [0.15, 0.2) is 56.4 Å². The molecule has 2 rings (SSSR count). The Labute approximate surface area is 183 Å². The number of nitrogens with zero attached hydrogens (tertiary/aromatic N) is 2. The lowest BCUT2D eigenvalue weighted by molar-refractivity contribution is 0.242. The van der Waals surface area contributed by atoms with E-state index in [9.17, 15) is 30.7 Å². The highest BCUT2D eigenvalue weighted by Gasteiger charge is 2.17. The molecule has 0 radical (unpaired) electrons. The summed E-state index contributed by atoms with van der Waals surface area (Å²) in [4.78, 5) is 10.8. The second-order valence-electron chi connectivity index (χ2n) is 5.84. The highest BCUT2D eigenvalue weighted by molar-refractivity contribution is 7.86.